The second-order valence-corrected chi connectivity index (χ2v) is 6.82. The Morgan fingerprint density at radius 3 is 2.92 bits per heavy atom. The molecule has 0 saturated heterocycles. The quantitative estimate of drug-likeness (QED) is 0.734. The molecule has 0 aliphatic heterocycles. The van der Waals surface area contributed by atoms with Gasteiger partial charge < -0.3 is 14.5 Å². The van der Waals surface area contributed by atoms with Crippen molar-refractivity contribution in [1.82, 2.24) is 14.7 Å². The minimum Gasteiger partial charge on any atom is -0.489 e. The Morgan fingerprint density at radius 2 is 2.04 bits per heavy atom. The molecule has 4 rings (SSSR count). The van der Waals surface area contributed by atoms with Crippen LogP contribution < -0.4 is 10.1 Å². The zero-order chi connectivity index (χ0) is 16.5. The summed E-state index contributed by atoms with van der Waals surface area (Å²) in [6.07, 6.45) is 7.89. The van der Waals surface area contributed by atoms with Crippen LogP contribution in [-0.2, 0) is 6.54 Å². The number of ether oxygens (including phenoxy) is 1. The third kappa shape index (κ3) is 3.09. The summed E-state index contributed by atoms with van der Waals surface area (Å²) in [5, 5.41) is 4.58. The van der Waals surface area contributed by atoms with Crippen LogP contribution in [0.4, 0.5) is 0 Å². The number of rotatable bonds is 5. The fourth-order valence-corrected chi connectivity index (χ4v) is 3.32. The highest BCUT2D eigenvalue weighted by molar-refractivity contribution is 6.42. The molecular weight excluding hydrogens is 345 g/mol. The standard InChI is InChI=1S/C18H17Cl2N3O/c19-15-4-1-5-16(17(15)20)24-14-9-13(10-14)22-11-12-3-2-7-23-8-6-21-18(12)23/h1-8,13-14,22H,9-11H2/t13-,14+. The second kappa shape index (κ2) is 6.63. The molecule has 6 heteroatoms. The zero-order valence-electron chi connectivity index (χ0n) is 13.0. The van der Waals surface area contributed by atoms with Crippen LogP contribution in [0.25, 0.3) is 5.65 Å². The van der Waals surface area contributed by atoms with E-state index in [-0.39, 0.29) is 6.10 Å². The molecule has 1 aliphatic rings. The molecular formula is C18H17Cl2N3O. The fourth-order valence-electron chi connectivity index (χ4n) is 2.98. The maximum absolute atomic E-state index is 6.16. The lowest BCUT2D eigenvalue weighted by atomic mass is 9.89. The van der Waals surface area contributed by atoms with Crippen LogP contribution in [0.5, 0.6) is 5.75 Å². The van der Waals surface area contributed by atoms with E-state index in [1.807, 2.05) is 41.2 Å². The molecule has 2 heterocycles. The van der Waals surface area contributed by atoms with E-state index in [9.17, 15) is 0 Å². The highest BCUT2D eigenvalue weighted by Crippen LogP contribution is 2.35. The minimum atomic E-state index is 0.181. The van der Waals surface area contributed by atoms with Crippen molar-refractivity contribution in [2.75, 3.05) is 0 Å². The SMILES string of the molecule is Clc1cccc(O[C@H]2C[C@@H](NCc3cccn4ccnc34)C2)c1Cl. The van der Waals surface area contributed by atoms with Gasteiger partial charge in [0.25, 0.3) is 0 Å². The van der Waals surface area contributed by atoms with E-state index in [0.717, 1.165) is 25.0 Å². The Bertz CT molecular complexity index is 858. The molecule has 3 aromatic rings. The average Bonchev–Trinajstić information content (AvgIpc) is 3.02. The summed E-state index contributed by atoms with van der Waals surface area (Å²) in [6, 6.07) is 10.1. The Balaban J connectivity index is 1.30. The molecule has 24 heavy (non-hydrogen) atoms. The number of benzene rings is 1. The van der Waals surface area contributed by atoms with Crippen molar-refractivity contribution in [3.8, 4) is 5.75 Å². The van der Waals surface area contributed by atoms with Crippen molar-refractivity contribution < 1.29 is 4.74 Å². The van der Waals surface area contributed by atoms with Crippen LogP contribution in [0.3, 0.4) is 0 Å². The van der Waals surface area contributed by atoms with E-state index in [1.165, 1.54) is 5.56 Å². The van der Waals surface area contributed by atoms with Gasteiger partial charge in [0.1, 0.15) is 22.5 Å². The van der Waals surface area contributed by atoms with Gasteiger partial charge in [-0.3, -0.25) is 0 Å². The number of nitrogens with one attached hydrogen (secondary N) is 1. The molecule has 0 bridgehead atoms. The minimum absolute atomic E-state index is 0.181. The molecule has 0 spiro atoms. The van der Waals surface area contributed by atoms with E-state index in [1.54, 1.807) is 6.07 Å². The summed E-state index contributed by atoms with van der Waals surface area (Å²) in [6.45, 7) is 0.802. The van der Waals surface area contributed by atoms with Gasteiger partial charge in [0.2, 0.25) is 0 Å². The van der Waals surface area contributed by atoms with Gasteiger partial charge >= 0.3 is 0 Å². The maximum Gasteiger partial charge on any atom is 0.141 e. The van der Waals surface area contributed by atoms with Gasteiger partial charge in [-0.1, -0.05) is 35.3 Å². The molecule has 1 fully saturated rings. The topological polar surface area (TPSA) is 38.6 Å². The molecule has 0 atom stereocenters. The molecule has 1 aliphatic carbocycles. The van der Waals surface area contributed by atoms with Crippen LogP contribution >= 0.6 is 23.2 Å². The lowest BCUT2D eigenvalue weighted by Gasteiger charge is -2.36. The van der Waals surface area contributed by atoms with Crippen LogP contribution in [0, 0.1) is 0 Å². The highest BCUT2D eigenvalue weighted by Gasteiger charge is 2.31. The van der Waals surface area contributed by atoms with Crippen molar-refractivity contribution in [2.24, 2.45) is 0 Å². The molecule has 1 aromatic carbocycles. The van der Waals surface area contributed by atoms with Gasteiger partial charge in [0, 0.05) is 36.7 Å². The van der Waals surface area contributed by atoms with Crippen LogP contribution in [0.2, 0.25) is 10.0 Å². The first-order valence-corrected chi connectivity index (χ1v) is 8.71. The van der Waals surface area contributed by atoms with Crippen LogP contribution in [0.15, 0.2) is 48.9 Å². The molecule has 4 nitrogen and oxygen atoms in total. The molecule has 2 aromatic heterocycles. The molecule has 0 amide bonds. The second-order valence-electron chi connectivity index (χ2n) is 6.03. The Kier molecular flexibility index (Phi) is 4.35. The van der Waals surface area contributed by atoms with Gasteiger partial charge in [-0.05, 0) is 31.0 Å². The predicted molar refractivity (Wildman–Crippen MR) is 95.9 cm³/mol. The summed E-state index contributed by atoms with van der Waals surface area (Å²) in [5.41, 5.74) is 2.20. The number of hydrogen-bond acceptors (Lipinski definition) is 3. The first-order chi connectivity index (χ1) is 11.7. The van der Waals surface area contributed by atoms with E-state index < -0.39 is 0 Å². The Hall–Kier alpha value is -1.75. The van der Waals surface area contributed by atoms with Gasteiger partial charge in [-0.2, -0.15) is 0 Å². The summed E-state index contributed by atoms with van der Waals surface area (Å²) in [5.74, 6) is 0.662. The van der Waals surface area contributed by atoms with Crippen molar-refractivity contribution in [3.05, 3.63) is 64.5 Å². The molecule has 1 saturated carbocycles. The fraction of sp³-hybridized carbons (Fsp3) is 0.278. The first-order valence-electron chi connectivity index (χ1n) is 7.95. The Morgan fingerprint density at radius 1 is 1.17 bits per heavy atom. The smallest absolute Gasteiger partial charge is 0.141 e. The average molecular weight is 362 g/mol. The summed E-state index contributed by atoms with van der Waals surface area (Å²) >= 11 is 12.2. The van der Waals surface area contributed by atoms with Crippen molar-refractivity contribution in [3.63, 3.8) is 0 Å². The maximum atomic E-state index is 6.16. The summed E-state index contributed by atoms with van der Waals surface area (Å²) in [4.78, 5) is 4.40. The highest BCUT2D eigenvalue weighted by atomic mass is 35.5. The van der Waals surface area contributed by atoms with Gasteiger partial charge in [-0.25, -0.2) is 4.98 Å². The number of aromatic nitrogens is 2. The Labute approximate surface area is 150 Å². The van der Waals surface area contributed by atoms with Crippen molar-refractivity contribution in [1.29, 1.82) is 0 Å². The summed E-state index contributed by atoms with van der Waals surface area (Å²) in [7, 11) is 0. The van der Waals surface area contributed by atoms with Gasteiger partial charge in [-0.15, -0.1) is 0 Å². The normalized spacial score (nSPS) is 20.1. The van der Waals surface area contributed by atoms with Crippen LogP contribution in [-0.4, -0.2) is 21.5 Å². The molecule has 124 valence electrons. The van der Waals surface area contributed by atoms with E-state index in [0.29, 0.717) is 21.8 Å². The third-order valence-corrected chi connectivity index (χ3v) is 5.19. The third-order valence-electron chi connectivity index (χ3n) is 4.39. The largest absolute Gasteiger partial charge is 0.489 e. The summed E-state index contributed by atoms with van der Waals surface area (Å²) < 4.78 is 7.96. The first kappa shape index (κ1) is 15.8. The number of halogens is 2. The lowest BCUT2D eigenvalue weighted by molar-refractivity contribution is 0.0844. The number of nitrogens with zero attached hydrogens (tertiary/aromatic N) is 2. The number of pyridine rings is 1. The number of fused-ring (bicyclic) bond motifs is 1. The van der Waals surface area contributed by atoms with E-state index in [2.05, 4.69) is 16.4 Å². The van der Waals surface area contributed by atoms with Crippen LogP contribution in [0.1, 0.15) is 18.4 Å². The predicted octanol–water partition coefficient (Wildman–Crippen LogP) is 4.34. The van der Waals surface area contributed by atoms with E-state index in [4.69, 9.17) is 27.9 Å². The van der Waals surface area contributed by atoms with Crippen molar-refractivity contribution >= 4 is 28.8 Å². The molecule has 1 N–H and O–H groups in total. The monoisotopic (exact) mass is 361 g/mol. The lowest BCUT2D eigenvalue weighted by Crippen LogP contribution is -2.46. The molecule has 0 radical (unpaired) electrons. The molecule has 0 unspecified atom stereocenters. The number of hydrogen-bond donors (Lipinski definition) is 1. The van der Waals surface area contributed by atoms with E-state index >= 15 is 0 Å². The number of imidazole rings is 1. The van der Waals surface area contributed by atoms with Gasteiger partial charge in [0.05, 0.1) is 5.02 Å². The zero-order valence-corrected chi connectivity index (χ0v) is 14.5. The van der Waals surface area contributed by atoms with Gasteiger partial charge in [0.15, 0.2) is 0 Å². The van der Waals surface area contributed by atoms with Crippen molar-refractivity contribution in [2.45, 2.75) is 31.5 Å².